The zero-order chi connectivity index (χ0) is 17.2. The standard InChI is InChI=1S/C17H23N3O3S/c1-12-7-8-14-15(11-12)24(22,23)20-16(19-14)17(21)18-10-9-13-5-3-2-4-6-13/h7-8,11,13H,2-6,9-10H2,1H3,(H,18,21)(H,19,20). The van der Waals surface area contributed by atoms with Gasteiger partial charge in [-0.2, -0.15) is 8.42 Å². The second-order valence-electron chi connectivity index (χ2n) is 6.59. The predicted molar refractivity (Wildman–Crippen MR) is 93.6 cm³/mol. The maximum atomic E-state index is 12.3. The summed E-state index contributed by atoms with van der Waals surface area (Å²) in [5, 5.41) is 5.61. The second-order valence-corrected chi connectivity index (χ2v) is 8.16. The molecule has 6 nitrogen and oxygen atoms in total. The fourth-order valence-corrected chi connectivity index (χ4v) is 4.51. The van der Waals surface area contributed by atoms with Gasteiger partial charge in [0.05, 0.1) is 5.69 Å². The highest BCUT2D eigenvalue weighted by Crippen LogP contribution is 2.28. The van der Waals surface area contributed by atoms with Gasteiger partial charge in [0.2, 0.25) is 5.84 Å². The first-order valence-electron chi connectivity index (χ1n) is 8.46. The number of fused-ring (bicyclic) bond motifs is 1. The molecule has 0 unspecified atom stereocenters. The Bertz CT molecular complexity index is 765. The number of amides is 1. The van der Waals surface area contributed by atoms with Crippen LogP contribution in [0.5, 0.6) is 0 Å². The Morgan fingerprint density at radius 2 is 2.04 bits per heavy atom. The minimum atomic E-state index is -3.84. The molecular weight excluding hydrogens is 326 g/mol. The Morgan fingerprint density at radius 3 is 2.79 bits per heavy atom. The maximum Gasteiger partial charge on any atom is 0.287 e. The van der Waals surface area contributed by atoms with Crippen LogP contribution in [-0.4, -0.2) is 26.7 Å². The van der Waals surface area contributed by atoms with E-state index >= 15 is 0 Å². The fourth-order valence-electron chi connectivity index (χ4n) is 3.31. The van der Waals surface area contributed by atoms with Crippen molar-refractivity contribution in [3.05, 3.63) is 23.8 Å². The van der Waals surface area contributed by atoms with Crippen molar-refractivity contribution >= 4 is 27.5 Å². The largest absolute Gasteiger partial charge is 0.349 e. The van der Waals surface area contributed by atoms with E-state index in [4.69, 9.17) is 0 Å². The Balaban J connectivity index is 1.63. The molecule has 0 atom stereocenters. The molecule has 2 aliphatic rings. The predicted octanol–water partition coefficient (Wildman–Crippen LogP) is 2.59. The fraction of sp³-hybridized carbons (Fsp3) is 0.529. The Labute approximate surface area is 142 Å². The summed E-state index contributed by atoms with van der Waals surface area (Å²) in [7, 11) is -3.84. The third-order valence-corrected chi connectivity index (χ3v) is 5.97. The lowest BCUT2D eigenvalue weighted by atomic mass is 9.87. The monoisotopic (exact) mass is 349 g/mol. The highest BCUT2D eigenvalue weighted by atomic mass is 32.2. The van der Waals surface area contributed by atoms with Crippen LogP contribution in [-0.2, 0) is 14.8 Å². The van der Waals surface area contributed by atoms with Gasteiger partial charge < -0.3 is 10.6 Å². The molecule has 24 heavy (non-hydrogen) atoms. The lowest BCUT2D eigenvalue weighted by Crippen LogP contribution is -2.39. The van der Waals surface area contributed by atoms with Crippen molar-refractivity contribution in [2.75, 3.05) is 11.9 Å². The molecule has 1 fully saturated rings. The first-order valence-corrected chi connectivity index (χ1v) is 9.90. The van der Waals surface area contributed by atoms with E-state index in [2.05, 4.69) is 15.0 Å². The molecule has 3 rings (SSSR count). The number of carbonyl (C=O) groups excluding carboxylic acids is 1. The van der Waals surface area contributed by atoms with Crippen molar-refractivity contribution in [3.8, 4) is 0 Å². The van der Waals surface area contributed by atoms with Gasteiger partial charge >= 0.3 is 0 Å². The molecule has 1 aliphatic carbocycles. The summed E-state index contributed by atoms with van der Waals surface area (Å²) in [6.45, 7) is 2.36. The van der Waals surface area contributed by atoms with E-state index in [9.17, 15) is 13.2 Å². The van der Waals surface area contributed by atoms with E-state index in [1.807, 2.05) is 6.92 Å². The third-order valence-electron chi connectivity index (χ3n) is 4.66. The summed E-state index contributed by atoms with van der Waals surface area (Å²) >= 11 is 0. The highest BCUT2D eigenvalue weighted by molar-refractivity contribution is 7.90. The molecule has 7 heteroatoms. The number of benzene rings is 1. The number of hydrogen-bond donors (Lipinski definition) is 2. The summed E-state index contributed by atoms with van der Waals surface area (Å²) < 4.78 is 28.1. The number of carbonyl (C=O) groups is 1. The normalized spacial score (nSPS) is 19.8. The van der Waals surface area contributed by atoms with Crippen molar-refractivity contribution in [2.24, 2.45) is 10.3 Å². The lowest BCUT2D eigenvalue weighted by Gasteiger charge is -2.22. The van der Waals surface area contributed by atoms with Crippen molar-refractivity contribution in [1.29, 1.82) is 0 Å². The van der Waals surface area contributed by atoms with Gasteiger partial charge in [-0.1, -0.05) is 38.2 Å². The van der Waals surface area contributed by atoms with Gasteiger partial charge in [0.1, 0.15) is 4.90 Å². The lowest BCUT2D eigenvalue weighted by molar-refractivity contribution is -0.114. The minimum Gasteiger partial charge on any atom is -0.349 e. The van der Waals surface area contributed by atoms with E-state index in [-0.39, 0.29) is 10.7 Å². The van der Waals surface area contributed by atoms with Gasteiger partial charge in [0.25, 0.3) is 15.9 Å². The number of anilines is 1. The van der Waals surface area contributed by atoms with E-state index in [0.717, 1.165) is 12.0 Å². The van der Waals surface area contributed by atoms with E-state index in [1.165, 1.54) is 32.1 Å². The number of rotatable bonds is 4. The van der Waals surface area contributed by atoms with Crippen LogP contribution in [0.1, 0.15) is 44.1 Å². The van der Waals surface area contributed by atoms with Gasteiger partial charge in [-0.3, -0.25) is 4.79 Å². The topological polar surface area (TPSA) is 87.6 Å². The maximum absolute atomic E-state index is 12.3. The van der Waals surface area contributed by atoms with Gasteiger partial charge in [-0.15, -0.1) is 4.40 Å². The molecule has 0 radical (unpaired) electrons. The molecule has 0 spiro atoms. The van der Waals surface area contributed by atoms with Crippen molar-refractivity contribution in [1.82, 2.24) is 5.32 Å². The Kier molecular flexibility index (Phi) is 4.89. The quantitative estimate of drug-likeness (QED) is 0.874. The Morgan fingerprint density at radius 1 is 1.29 bits per heavy atom. The number of nitrogens with one attached hydrogen (secondary N) is 2. The molecule has 0 aromatic heterocycles. The minimum absolute atomic E-state index is 0.112. The van der Waals surface area contributed by atoms with Crippen LogP contribution in [0, 0.1) is 12.8 Å². The van der Waals surface area contributed by atoms with E-state index in [0.29, 0.717) is 18.2 Å². The molecule has 2 N–H and O–H groups in total. The van der Waals surface area contributed by atoms with Crippen molar-refractivity contribution < 1.29 is 13.2 Å². The molecule has 0 bridgehead atoms. The summed E-state index contributed by atoms with van der Waals surface area (Å²) in [6.07, 6.45) is 7.21. The summed E-state index contributed by atoms with van der Waals surface area (Å²) in [6, 6.07) is 5.01. The average molecular weight is 349 g/mol. The molecule has 0 saturated heterocycles. The molecule has 1 aromatic carbocycles. The SMILES string of the molecule is Cc1ccc2c(c1)S(=O)(=O)N=C(C(=O)NCCC1CCCCC1)N2. The molecule has 1 heterocycles. The average Bonchev–Trinajstić information content (AvgIpc) is 2.56. The van der Waals surface area contributed by atoms with E-state index < -0.39 is 15.9 Å². The van der Waals surface area contributed by atoms with Crippen LogP contribution in [0.25, 0.3) is 0 Å². The zero-order valence-electron chi connectivity index (χ0n) is 13.8. The van der Waals surface area contributed by atoms with Gasteiger partial charge in [0, 0.05) is 6.54 Å². The highest BCUT2D eigenvalue weighted by Gasteiger charge is 2.28. The summed E-state index contributed by atoms with van der Waals surface area (Å²) in [4.78, 5) is 12.3. The van der Waals surface area contributed by atoms with Crippen LogP contribution in [0.4, 0.5) is 5.69 Å². The number of sulfonamides is 1. The molecule has 1 saturated carbocycles. The number of hydrogen-bond acceptors (Lipinski definition) is 4. The number of nitrogens with zero attached hydrogens (tertiary/aromatic N) is 1. The molecular formula is C17H23N3O3S. The molecule has 130 valence electrons. The summed E-state index contributed by atoms with van der Waals surface area (Å²) in [5.74, 6) is 0.0309. The number of aryl methyl sites for hydroxylation is 1. The first kappa shape index (κ1) is 17.0. The van der Waals surface area contributed by atoms with Crippen LogP contribution >= 0.6 is 0 Å². The van der Waals surface area contributed by atoms with E-state index in [1.54, 1.807) is 18.2 Å². The first-order chi connectivity index (χ1) is 11.5. The Hall–Kier alpha value is -1.89. The van der Waals surface area contributed by atoms with Crippen molar-refractivity contribution in [2.45, 2.75) is 50.3 Å². The molecule has 1 aromatic rings. The zero-order valence-corrected chi connectivity index (χ0v) is 14.7. The molecule has 1 aliphatic heterocycles. The van der Waals surface area contributed by atoms with Crippen LogP contribution in [0.2, 0.25) is 0 Å². The van der Waals surface area contributed by atoms with Gasteiger partial charge in [-0.25, -0.2) is 0 Å². The van der Waals surface area contributed by atoms with Gasteiger partial charge in [0.15, 0.2) is 0 Å². The van der Waals surface area contributed by atoms with Gasteiger partial charge in [-0.05, 0) is 37.0 Å². The molecule has 1 amide bonds. The second kappa shape index (κ2) is 6.93. The van der Waals surface area contributed by atoms with Crippen LogP contribution in [0.15, 0.2) is 27.5 Å². The number of amidine groups is 1. The van der Waals surface area contributed by atoms with Crippen LogP contribution in [0.3, 0.4) is 0 Å². The summed E-state index contributed by atoms with van der Waals surface area (Å²) in [5.41, 5.74) is 1.22. The third kappa shape index (κ3) is 3.77. The van der Waals surface area contributed by atoms with Crippen molar-refractivity contribution in [3.63, 3.8) is 0 Å². The van der Waals surface area contributed by atoms with Crippen LogP contribution < -0.4 is 10.6 Å². The smallest absolute Gasteiger partial charge is 0.287 e.